The molecule has 0 amide bonds. The molecule has 0 atom stereocenters. The maximum atomic E-state index is 11.8. The SMILES string of the molecule is CNCc1coc(OCCCC(F)(F)F)n1. The summed E-state index contributed by atoms with van der Waals surface area (Å²) in [5.74, 6) is 0. The monoisotopic (exact) mass is 238 g/mol. The van der Waals surface area contributed by atoms with E-state index in [2.05, 4.69) is 10.3 Å². The van der Waals surface area contributed by atoms with E-state index in [4.69, 9.17) is 9.15 Å². The summed E-state index contributed by atoms with van der Waals surface area (Å²) >= 11 is 0. The fraction of sp³-hybridized carbons (Fsp3) is 0.667. The van der Waals surface area contributed by atoms with E-state index in [1.54, 1.807) is 7.05 Å². The Bertz CT molecular complexity index is 312. The quantitative estimate of drug-likeness (QED) is 0.771. The fourth-order valence-corrected chi connectivity index (χ4v) is 1.05. The third-order valence-corrected chi connectivity index (χ3v) is 1.72. The van der Waals surface area contributed by atoms with Gasteiger partial charge in [-0.25, -0.2) is 0 Å². The molecule has 0 unspecified atom stereocenters. The molecule has 0 bridgehead atoms. The molecule has 0 aliphatic rings. The molecule has 0 radical (unpaired) electrons. The third kappa shape index (κ3) is 5.01. The number of alkyl halides is 3. The van der Waals surface area contributed by atoms with Gasteiger partial charge in [0.05, 0.1) is 12.3 Å². The molecule has 7 heteroatoms. The Kier molecular flexibility index (Phi) is 4.60. The van der Waals surface area contributed by atoms with E-state index < -0.39 is 12.6 Å². The van der Waals surface area contributed by atoms with Crippen LogP contribution in [0.2, 0.25) is 0 Å². The van der Waals surface area contributed by atoms with Crippen LogP contribution in [-0.4, -0.2) is 24.8 Å². The number of nitrogens with one attached hydrogen (secondary N) is 1. The van der Waals surface area contributed by atoms with Gasteiger partial charge in [0.15, 0.2) is 0 Å². The van der Waals surface area contributed by atoms with Crippen molar-refractivity contribution < 1.29 is 22.3 Å². The van der Waals surface area contributed by atoms with Crippen LogP contribution in [-0.2, 0) is 6.54 Å². The molecule has 0 aliphatic carbocycles. The first kappa shape index (κ1) is 12.8. The van der Waals surface area contributed by atoms with Gasteiger partial charge in [-0.05, 0) is 13.5 Å². The van der Waals surface area contributed by atoms with Crippen molar-refractivity contribution in [2.75, 3.05) is 13.7 Å². The first-order valence-corrected chi connectivity index (χ1v) is 4.80. The third-order valence-electron chi connectivity index (χ3n) is 1.72. The van der Waals surface area contributed by atoms with E-state index in [0.29, 0.717) is 12.2 Å². The zero-order chi connectivity index (χ0) is 12.0. The number of nitrogens with zero attached hydrogens (tertiary/aromatic N) is 1. The van der Waals surface area contributed by atoms with Gasteiger partial charge >= 0.3 is 12.3 Å². The van der Waals surface area contributed by atoms with E-state index in [1.807, 2.05) is 0 Å². The molecule has 0 aromatic carbocycles. The standard InChI is InChI=1S/C9H13F3N2O2/c1-13-5-7-6-16-8(14-7)15-4-2-3-9(10,11)12/h6,13H,2-5H2,1H3. The number of hydrogen-bond donors (Lipinski definition) is 1. The summed E-state index contributed by atoms with van der Waals surface area (Å²) < 4.78 is 45.2. The second kappa shape index (κ2) is 5.74. The van der Waals surface area contributed by atoms with Crippen LogP contribution in [0.4, 0.5) is 13.2 Å². The van der Waals surface area contributed by atoms with Crippen LogP contribution in [0.5, 0.6) is 6.08 Å². The maximum Gasteiger partial charge on any atom is 0.393 e. The number of aromatic nitrogens is 1. The van der Waals surface area contributed by atoms with Crippen LogP contribution in [0.25, 0.3) is 0 Å². The Morgan fingerprint density at radius 3 is 2.88 bits per heavy atom. The molecule has 92 valence electrons. The largest absolute Gasteiger partial charge is 0.450 e. The highest BCUT2D eigenvalue weighted by molar-refractivity contribution is 4.99. The molecule has 16 heavy (non-hydrogen) atoms. The Morgan fingerprint density at radius 1 is 1.50 bits per heavy atom. The van der Waals surface area contributed by atoms with Crippen molar-refractivity contribution in [1.82, 2.24) is 10.3 Å². The Hall–Kier alpha value is -1.24. The van der Waals surface area contributed by atoms with Crippen molar-refractivity contribution in [3.8, 4) is 6.08 Å². The lowest BCUT2D eigenvalue weighted by Crippen LogP contribution is -2.10. The molecular formula is C9H13F3N2O2. The van der Waals surface area contributed by atoms with Gasteiger partial charge in [0.25, 0.3) is 0 Å². The highest BCUT2D eigenvalue weighted by atomic mass is 19.4. The minimum absolute atomic E-state index is 0.00687. The number of oxazole rings is 1. The minimum atomic E-state index is -4.14. The highest BCUT2D eigenvalue weighted by Crippen LogP contribution is 2.21. The number of halogens is 3. The van der Waals surface area contributed by atoms with Crippen molar-refractivity contribution in [2.24, 2.45) is 0 Å². The summed E-state index contributed by atoms with van der Waals surface area (Å²) in [6, 6.07) is 0. The topological polar surface area (TPSA) is 47.3 Å². The number of rotatable bonds is 6. The predicted molar refractivity (Wildman–Crippen MR) is 50.1 cm³/mol. The van der Waals surface area contributed by atoms with Crippen molar-refractivity contribution in [3.05, 3.63) is 12.0 Å². The van der Waals surface area contributed by atoms with Crippen LogP contribution >= 0.6 is 0 Å². The summed E-state index contributed by atoms with van der Waals surface area (Å²) in [6.45, 7) is 0.467. The molecule has 0 aliphatic heterocycles. The van der Waals surface area contributed by atoms with E-state index in [1.165, 1.54) is 6.26 Å². The van der Waals surface area contributed by atoms with Crippen LogP contribution in [0.15, 0.2) is 10.7 Å². The zero-order valence-corrected chi connectivity index (χ0v) is 8.80. The second-order valence-electron chi connectivity index (χ2n) is 3.20. The van der Waals surface area contributed by atoms with Crippen LogP contribution in [0.1, 0.15) is 18.5 Å². The van der Waals surface area contributed by atoms with Gasteiger partial charge < -0.3 is 14.5 Å². The van der Waals surface area contributed by atoms with Crippen molar-refractivity contribution in [3.63, 3.8) is 0 Å². The van der Waals surface area contributed by atoms with E-state index in [9.17, 15) is 13.2 Å². The summed E-state index contributed by atoms with van der Waals surface area (Å²) in [4.78, 5) is 3.90. The predicted octanol–water partition coefficient (Wildman–Crippen LogP) is 2.12. The van der Waals surface area contributed by atoms with E-state index in [-0.39, 0.29) is 19.1 Å². The smallest absolute Gasteiger partial charge is 0.393 e. The number of ether oxygens (including phenoxy) is 1. The maximum absolute atomic E-state index is 11.8. The van der Waals surface area contributed by atoms with Gasteiger partial charge in [0.1, 0.15) is 6.26 Å². The lowest BCUT2D eigenvalue weighted by atomic mass is 10.3. The van der Waals surface area contributed by atoms with Crippen molar-refractivity contribution >= 4 is 0 Å². The van der Waals surface area contributed by atoms with Gasteiger partial charge in [-0.3, -0.25) is 0 Å². The molecule has 1 rings (SSSR count). The first-order valence-electron chi connectivity index (χ1n) is 4.80. The molecule has 0 saturated carbocycles. The normalized spacial score (nSPS) is 11.8. The Balaban J connectivity index is 2.21. The van der Waals surface area contributed by atoms with Crippen LogP contribution in [0, 0.1) is 0 Å². The first-order chi connectivity index (χ1) is 7.51. The molecule has 0 saturated heterocycles. The van der Waals surface area contributed by atoms with E-state index >= 15 is 0 Å². The molecule has 1 heterocycles. The van der Waals surface area contributed by atoms with E-state index in [0.717, 1.165) is 0 Å². The Morgan fingerprint density at radius 2 is 2.25 bits per heavy atom. The van der Waals surface area contributed by atoms with Gasteiger partial charge in [0.2, 0.25) is 0 Å². The van der Waals surface area contributed by atoms with Crippen molar-refractivity contribution in [1.29, 1.82) is 0 Å². The molecule has 0 fully saturated rings. The average Bonchev–Trinajstić information content (AvgIpc) is 2.60. The fourth-order valence-electron chi connectivity index (χ4n) is 1.05. The highest BCUT2D eigenvalue weighted by Gasteiger charge is 2.26. The Labute approximate surface area is 90.8 Å². The lowest BCUT2D eigenvalue weighted by molar-refractivity contribution is -0.136. The summed E-state index contributed by atoms with van der Waals surface area (Å²) in [5.41, 5.74) is 0.647. The number of hydrogen-bond acceptors (Lipinski definition) is 4. The van der Waals surface area contributed by atoms with Gasteiger partial charge in [0, 0.05) is 13.0 Å². The average molecular weight is 238 g/mol. The molecule has 1 aromatic rings. The summed E-state index contributed by atoms with van der Waals surface area (Å²) in [6.07, 6.45) is -3.70. The second-order valence-corrected chi connectivity index (χ2v) is 3.20. The molecule has 4 nitrogen and oxygen atoms in total. The minimum Gasteiger partial charge on any atom is -0.450 e. The summed E-state index contributed by atoms with van der Waals surface area (Å²) in [7, 11) is 1.75. The summed E-state index contributed by atoms with van der Waals surface area (Å²) in [5, 5.41) is 2.86. The lowest BCUT2D eigenvalue weighted by Gasteiger charge is -2.05. The molecule has 1 aromatic heterocycles. The van der Waals surface area contributed by atoms with Crippen LogP contribution < -0.4 is 10.1 Å². The van der Waals surface area contributed by atoms with Gasteiger partial charge in [-0.1, -0.05) is 0 Å². The molecule has 0 spiro atoms. The van der Waals surface area contributed by atoms with Gasteiger partial charge in [-0.15, -0.1) is 0 Å². The van der Waals surface area contributed by atoms with Crippen molar-refractivity contribution in [2.45, 2.75) is 25.6 Å². The molecule has 1 N–H and O–H groups in total. The molecular weight excluding hydrogens is 225 g/mol. The van der Waals surface area contributed by atoms with Gasteiger partial charge in [-0.2, -0.15) is 18.2 Å². The van der Waals surface area contributed by atoms with Crippen LogP contribution in [0.3, 0.4) is 0 Å². The zero-order valence-electron chi connectivity index (χ0n) is 8.80.